The zero-order valence-corrected chi connectivity index (χ0v) is 20.0. The number of hydrogen-bond donors (Lipinski definition) is 1. The fraction of sp³-hybridized carbons (Fsp3) is 0.471. The summed E-state index contributed by atoms with van der Waals surface area (Å²) in [5.74, 6) is -2.28. The second-order valence-corrected chi connectivity index (χ2v) is 9.44. The summed E-state index contributed by atoms with van der Waals surface area (Å²) in [5.41, 5.74) is 0.486. The number of methoxy groups -OCH3 is 1. The minimum Gasteiger partial charge on any atom is -0.548 e. The van der Waals surface area contributed by atoms with Crippen LogP contribution in [0.1, 0.15) is 25.5 Å². The summed E-state index contributed by atoms with van der Waals surface area (Å²) in [6, 6.07) is 2.81. The molecule has 1 aromatic rings. The smallest absolute Gasteiger partial charge is 0.548 e. The van der Waals surface area contributed by atoms with Gasteiger partial charge in [0.15, 0.2) is 6.10 Å². The van der Waals surface area contributed by atoms with Crippen molar-refractivity contribution in [3.05, 3.63) is 33.8 Å². The van der Waals surface area contributed by atoms with Crippen molar-refractivity contribution in [3.8, 4) is 0 Å². The number of ether oxygens (including phenoxy) is 1. The molecule has 7 nitrogen and oxygen atoms in total. The van der Waals surface area contributed by atoms with Crippen molar-refractivity contribution in [2.75, 3.05) is 7.11 Å². The van der Waals surface area contributed by atoms with Crippen molar-refractivity contribution in [2.45, 2.75) is 42.2 Å². The van der Waals surface area contributed by atoms with Crippen LogP contribution in [-0.4, -0.2) is 52.0 Å². The quantitative estimate of drug-likeness (QED) is 0.407. The molecule has 3 rings (SSSR count). The number of nitrogens with one attached hydrogen (secondary N) is 1. The molecule has 0 aliphatic carbocycles. The van der Waals surface area contributed by atoms with Crippen LogP contribution in [0.4, 0.5) is 0 Å². The molecule has 2 aliphatic rings. The van der Waals surface area contributed by atoms with Gasteiger partial charge in [-0.3, -0.25) is 9.59 Å². The molecule has 28 heavy (non-hydrogen) atoms. The zero-order chi connectivity index (χ0) is 20.1. The summed E-state index contributed by atoms with van der Waals surface area (Å²) in [7, 11) is 1.36. The molecule has 0 aromatic heterocycles. The van der Waals surface area contributed by atoms with Crippen LogP contribution in [-0.2, 0) is 19.1 Å². The van der Waals surface area contributed by atoms with E-state index in [0.717, 1.165) is 0 Å². The molecule has 0 spiro atoms. The average Bonchev–Trinajstić information content (AvgIpc) is 2.84. The van der Waals surface area contributed by atoms with Gasteiger partial charge in [-0.1, -0.05) is 29.3 Å². The van der Waals surface area contributed by atoms with Crippen LogP contribution in [0.2, 0.25) is 10.0 Å². The van der Waals surface area contributed by atoms with E-state index >= 15 is 0 Å². The van der Waals surface area contributed by atoms with E-state index in [4.69, 9.17) is 27.9 Å². The molecule has 2 fully saturated rings. The molecule has 2 aliphatic heterocycles. The minimum atomic E-state index is -1.31. The van der Waals surface area contributed by atoms with E-state index in [1.54, 1.807) is 26.0 Å². The average molecular weight is 455 g/mol. The van der Waals surface area contributed by atoms with E-state index in [2.05, 4.69) is 5.32 Å². The van der Waals surface area contributed by atoms with Gasteiger partial charge in [0.1, 0.15) is 11.4 Å². The van der Waals surface area contributed by atoms with Crippen molar-refractivity contribution < 1.29 is 53.8 Å². The number of hydrogen-bond acceptors (Lipinski definition) is 6. The van der Waals surface area contributed by atoms with E-state index in [0.29, 0.717) is 10.6 Å². The number of carboxylic acids is 1. The molecule has 2 amide bonds. The summed E-state index contributed by atoms with van der Waals surface area (Å²) in [4.78, 5) is 37.8. The van der Waals surface area contributed by atoms with Crippen molar-refractivity contribution in [1.82, 2.24) is 10.2 Å². The van der Waals surface area contributed by atoms with Gasteiger partial charge in [0.05, 0.1) is 22.1 Å². The number of amides is 2. The van der Waals surface area contributed by atoms with Crippen LogP contribution in [0.25, 0.3) is 0 Å². The Bertz CT molecular complexity index is 825. The Morgan fingerprint density at radius 3 is 2.50 bits per heavy atom. The number of carboxylic acid groups (broad SMARTS) is 1. The molecular formula is C17H17Cl2N2NaO5S. The van der Waals surface area contributed by atoms with Crippen LogP contribution in [0.5, 0.6) is 0 Å². The Labute approximate surface area is 198 Å². The Hall–Kier alpha value is -0.480. The molecule has 0 saturated carbocycles. The van der Waals surface area contributed by atoms with Crippen molar-refractivity contribution in [1.29, 1.82) is 0 Å². The third kappa shape index (κ3) is 4.05. The SMILES string of the molecule is COC(C(=O)NC1C(=O)N2C1SC(C)(C)C2C(=O)[O-])c1ccc(Cl)c(Cl)c1.[Na+]. The van der Waals surface area contributed by atoms with Gasteiger partial charge < -0.3 is 24.9 Å². The summed E-state index contributed by atoms with van der Waals surface area (Å²) < 4.78 is 4.54. The van der Waals surface area contributed by atoms with Crippen LogP contribution in [0.3, 0.4) is 0 Å². The maximum absolute atomic E-state index is 12.7. The van der Waals surface area contributed by atoms with Gasteiger partial charge in [-0.2, -0.15) is 0 Å². The first-order valence-corrected chi connectivity index (χ1v) is 9.71. The molecule has 4 unspecified atom stereocenters. The van der Waals surface area contributed by atoms with Gasteiger partial charge in [-0.15, -0.1) is 11.8 Å². The molecular weight excluding hydrogens is 438 g/mol. The maximum Gasteiger partial charge on any atom is 1.00 e. The number of benzene rings is 1. The van der Waals surface area contributed by atoms with Crippen LogP contribution >= 0.6 is 35.0 Å². The third-order valence-corrected chi connectivity index (χ3v) is 6.99. The van der Waals surface area contributed by atoms with Crippen molar-refractivity contribution >= 4 is 52.7 Å². The number of β-lactam (4-membered cyclic amide) rings is 1. The molecule has 146 valence electrons. The van der Waals surface area contributed by atoms with Crippen LogP contribution in [0, 0.1) is 0 Å². The largest absolute Gasteiger partial charge is 1.00 e. The van der Waals surface area contributed by atoms with Crippen LogP contribution < -0.4 is 40.0 Å². The predicted molar refractivity (Wildman–Crippen MR) is 99.2 cm³/mol. The van der Waals surface area contributed by atoms with Crippen molar-refractivity contribution in [3.63, 3.8) is 0 Å². The number of nitrogens with zero attached hydrogens (tertiary/aromatic N) is 1. The van der Waals surface area contributed by atoms with E-state index in [-0.39, 0.29) is 34.6 Å². The molecule has 0 radical (unpaired) electrons. The summed E-state index contributed by atoms with van der Waals surface area (Å²) in [6.07, 6.45) is -0.988. The maximum atomic E-state index is 12.7. The number of carbonyl (C=O) groups excluding carboxylic acids is 3. The number of carbonyl (C=O) groups is 3. The van der Waals surface area contributed by atoms with E-state index in [9.17, 15) is 19.5 Å². The Morgan fingerprint density at radius 1 is 1.32 bits per heavy atom. The molecule has 11 heteroatoms. The zero-order valence-electron chi connectivity index (χ0n) is 15.7. The first kappa shape index (κ1) is 23.8. The third-order valence-electron chi connectivity index (χ3n) is 4.68. The van der Waals surface area contributed by atoms with Gasteiger partial charge in [-0.25, -0.2) is 0 Å². The number of aliphatic carboxylic acids is 1. The Balaban J connectivity index is 0.00000280. The standard InChI is InChI=1S/C17H18Cl2N2O5S.Na/c1-17(2)12(16(24)25)21-14(23)10(15(21)27-17)20-13(22)11(26-3)7-4-5-8(18)9(19)6-7;/h4-6,10-12,15H,1-3H3,(H,20,22)(H,24,25);/q;+1/p-1. The van der Waals surface area contributed by atoms with Crippen LogP contribution in [0.15, 0.2) is 18.2 Å². The number of halogens is 2. The fourth-order valence-electron chi connectivity index (χ4n) is 3.43. The summed E-state index contributed by atoms with van der Waals surface area (Å²) >= 11 is 13.2. The summed E-state index contributed by atoms with van der Waals surface area (Å²) in [6.45, 7) is 3.46. The fourth-order valence-corrected chi connectivity index (χ4v) is 5.35. The van der Waals surface area contributed by atoms with E-state index in [1.165, 1.54) is 29.8 Å². The van der Waals surface area contributed by atoms with E-state index < -0.39 is 46.1 Å². The molecule has 1 aromatic carbocycles. The normalized spacial score (nSPS) is 26.0. The Kier molecular flexibility index (Phi) is 7.41. The summed E-state index contributed by atoms with van der Waals surface area (Å²) in [5, 5.41) is 14.2. The predicted octanol–water partition coefficient (Wildman–Crippen LogP) is -2.02. The van der Waals surface area contributed by atoms with E-state index in [1.807, 2.05) is 0 Å². The monoisotopic (exact) mass is 454 g/mol. The Morgan fingerprint density at radius 2 is 1.96 bits per heavy atom. The number of rotatable bonds is 5. The molecule has 4 atom stereocenters. The van der Waals surface area contributed by atoms with Gasteiger partial charge in [-0.05, 0) is 31.5 Å². The molecule has 2 heterocycles. The second kappa shape index (κ2) is 8.71. The second-order valence-electron chi connectivity index (χ2n) is 6.85. The molecule has 0 bridgehead atoms. The van der Waals surface area contributed by atoms with Gasteiger partial charge >= 0.3 is 29.6 Å². The topological polar surface area (TPSA) is 98.8 Å². The van der Waals surface area contributed by atoms with Crippen molar-refractivity contribution in [2.24, 2.45) is 0 Å². The van der Waals surface area contributed by atoms with Gasteiger partial charge in [0, 0.05) is 11.9 Å². The minimum absolute atomic E-state index is 0. The molecule has 2 saturated heterocycles. The molecule has 1 N–H and O–H groups in total. The first-order valence-electron chi connectivity index (χ1n) is 8.07. The first-order chi connectivity index (χ1) is 12.6. The number of thioether (sulfide) groups is 1. The number of fused-ring (bicyclic) bond motifs is 1. The van der Waals surface area contributed by atoms with Gasteiger partial charge in [0.25, 0.3) is 5.91 Å². The van der Waals surface area contributed by atoms with Gasteiger partial charge in [0.2, 0.25) is 5.91 Å².